The van der Waals surface area contributed by atoms with Gasteiger partial charge in [-0.2, -0.15) is 0 Å². The van der Waals surface area contributed by atoms with Gasteiger partial charge in [-0.05, 0) is 63.6 Å². The van der Waals surface area contributed by atoms with Crippen molar-refractivity contribution in [2.24, 2.45) is 23.0 Å². The quantitative estimate of drug-likeness (QED) is 0.179. The van der Waals surface area contributed by atoms with E-state index in [1.54, 1.807) is 33.8 Å². The van der Waals surface area contributed by atoms with Gasteiger partial charge in [0.05, 0.1) is 18.6 Å². The molecule has 40 heavy (non-hydrogen) atoms. The first-order chi connectivity index (χ1) is 18.7. The Morgan fingerprint density at radius 1 is 0.800 bits per heavy atom. The van der Waals surface area contributed by atoms with Gasteiger partial charge in [-0.15, -0.1) is 0 Å². The Balaban J connectivity index is 2.92. The fourth-order valence-electron chi connectivity index (χ4n) is 2.80. The summed E-state index contributed by atoms with van der Waals surface area (Å²) in [4.78, 5) is 49.0. The smallest absolute Gasteiger partial charge is 0.461 e. The highest BCUT2D eigenvalue weighted by Crippen LogP contribution is 2.30. The van der Waals surface area contributed by atoms with Crippen molar-refractivity contribution in [3.05, 3.63) is 23.8 Å². The minimum atomic E-state index is -1.07. The molecular formula is C29H45NO10. The van der Waals surface area contributed by atoms with Gasteiger partial charge >= 0.3 is 24.2 Å². The van der Waals surface area contributed by atoms with Crippen LogP contribution in [-0.4, -0.2) is 56.2 Å². The van der Waals surface area contributed by atoms with Crippen molar-refractivity contribution in [3.63, 3.8) is 0 Å². The van der Waals surface area contributed by atoms with Crippen LogP contribution in [0.4, 0.5) is 9.59 Å². The molecule has 0 radical (unpaired) electrons. The SMILES string of the molecule is CCC(C)COC(=O)Oc1ccc(C[C@H](N)C(=O)O[C@@H](C)COC(=O)C(C)(C)C)cc1OC(=O)OCC(C)CC. The molecule has 0 spiro atoms. The summed E-state index contributed by atoms with van der Waals surface area (Å²) >= 11 is 0. The lowest BCUT2D eigenvalue weighted by molar-refractivity contribution is -0.163. The van der Waals surface area contributed by atoms with Gasteiger partial charge in [0.25, 0.3) is 0 Å². The Morgan fingerprint density at radius 2 is 1.32 bits per heavy atom. The van der Waals surface area contributed by atoms with E-state index in [1.165, 1.54) is 12.1 Å². The molecule has 0 aliphatic rings. The number of esters is 2. The Morgan fingerprint density at radius 3 is 1.82 bits per heavy atom. The molecule has 11 heteroatoms. The van der Waals surface area contributed by atoms with Gasteiger partial charge in [0.1, 0.15) is 18.8 Å². The molecule has 0 saturated carbocycles. The third kappa shape index (κ3) is 13.1. The van der Waals surface area contributed by atoms with Crippen LogP contribution in [0.3, 0.4) is 0 Å². The lowest BCUT2D eigenvalue weighted by atomic mass is 9.97. The first-order valence-electron chi connectivity index (χ1n) is 13.6. The van der Waals surface area contributed by atoms with E-state index >= 15 is 0 Å². The molecule has 11 nitrogen and oxygen atoms in total. The zero-order valence-corrected chi connectivity index (χ0v) is 24.9. The molecule has 0 heterocycles. The highest BCUT2D eigenvalue weighted by molar-refractivity contribution is 5.77. The molecule has 0 aromatic heterocycles. The first kappa shape index (κ1) is 34.7. The molecule has 0 amide bonds. The normalized spacial score (nSPS) is 14.2. The number of ether oxygens (including phenoxy) is 6. The lowest BCUT2D eigenvalue weighted by Crippen LogP contribution is -2.37. The van der Waals surface area contributed by atoms with Crippen molar-refractivity contribution >= 4 is 24.2 Å². The maximum absolute atomic E-state index is 12.5. The second-order valence-corrected chi connectivity index (χ2v) is 11.0. The summed E-state index contributed by atoms with van der Waals surface area (Å²) in [5, 5.41) is 0. The third-order valence-electron chi connectivity index (χ3n) is 5.90. The van der Waals surface area contributed by atoms with Crippen LogP contribution >= 0.6 is 0 Å². The van der Waals surface area contributed by atoms with Gasteiger partial charge in [-0.1, -0.05) is 46.6 Å². The van der Waals surface area contributed by atoms with E-state index < -0.39 is 41.8 Å². The Kier molecular flexibility index (Phi) is 14.5. The standard InChI is InChI=1S/C29H45NO10/c1-9-18(3)15-36-27(33)39-23-12-11-21(14-24(23)40-28(34)37-16-19(4)10-2)13-22(30)25(31)38-20(5)17-35-26(32)29(6,7)8/h11-12,14,18-20,22H,9-10,13,15-17,30H2,1-8H3/t18?,19?,20-,22-/m0/s1. The molecule has 2 unspecified atom stereocenters. The van der Waals surface area contributed by atoms with E-state index in [-0.39, 0.29) is 49.6 Å². The number of rotatable bonds is 14. The summed E-state index contributed by atoms with van der Waals surface area (Å²) in [5.41, 5.74) is 5.87. The van der Waals surface area contributed by atoms with Crippen LogP contribution in [-0.2, 0) is 35.0 Å². The largest absolute Gasteiger partial charge is 0.513 e. The van der Waals surface area contributed by atoms with E-state index in [4.69, 9.17) is 34.2 Å². The second kappa shape index (κ2) is 16.7. The number of nitrogens with two attached hydrogens (primary N) is 1. The van der Waals surface area contributed by atoms with Crippen molar-refractivity contribution in [2.45, 2.75) is 86.8 Å². The maximum atomic E-state index is 12.5. The molecule has 0 bridgehead atoms. The average Bonchev–Trinajstić information content (AvgIpc) is 2.89. The van der Waals surface area contributed by atoms with E-state index in [0.29, 0.717) is 5.56 Å². The molecule has 4 atom stereocenters. The molecule has 0 aliphatic carbocycles. The van der Waals surface area contributed by atoms with Crippen molar-refractivity contribution < 1.29 is 47.6 Å². The molecule has 0 saturated heterocycles. The van der Waals surface area contributed by atoms with Crippen LogP contribution in [0.2, 0.25) is 0 Å². The van der Waals surface area contributed by atoms with Gasteiger partial charge in [-0.25, -0.2) is 9.59 Å². The monoisotopic (exact) mass is 567 g/mol. The fraction of sp³-hybridized carbons (Fsp3) is 0.655. The van der Waals surface area contributed by atoms with E-state index in [0.717, 1.165) is 12.8 Å². The summed E-state index contributed by atoms with van der Waals surface area (Å²) in [7, 11) is 0. The number of carbonyl (C=O) groups excluding carboxylic acids is 4. The Labute approximate surface area is 236 Å². The summed E-state index contributed by atoms with van der Waals surface area (Å²) in [6.07, 6.45) is -0.983. The zero-order chi connectivity index (χ0) is 30.5. The van der Waals surface area contributed by atoms with Gasteiger partial charge in [0, 0.05) is 0 Å². The van der Waals surface area contributed by atoms with E-state index in [9.17, 15) is 19.2 Å². The van der Waals surface area contributed by atoms with Crippen molar-refractivity contribution in [1.82, 2.24) is 0 Å². The highest BCUT2D eigenvalue weighted by atomic mass is 16.7. The minimum Gasteiger partial charge on any atom is -0.461 e. The van der Waals surface area contributed by atoms with Crippen molar-refractivity contribution in [2.75, 3.05) is 19.8 Å². The average molecular weight is 568 g/mol. The molecule has 2 N–H and O–H groups in total. The predicted molar refractivity (Wildman–Crippen MR) is 147 cm³/mol. The second-order valence-electron chi connectivity index (χ2n) is 11.0. The summed E-state index contributed by atoms with van der Waals surface area (Å²) in [6, 6.07) is 3.32. The minimum absolute atomic E-state index is 0.0182. The zero-order valence-electron chi connectivity index (χ0n) is 24.9. The molecule has 1 aromatic carbocycles. The predicted octanol–water partition coefficient (Wildman–Crippen LogP) is 5.20. The molecule has 1 aromatic rings. The van der Waals surface area contributed by atoms with Crippen LogP contribution in [0.15, 0.2) is 18.2 Å². The summed E-state index contributed by atoms with van der Waals surface area (Å²) in [6.45, 7) is 14.8. The number of hydrogen-bond donors (Lipinski definition) is 1. The maximum Gasteiger partial charge on any atom is 0.513 e. The molecule has 1 rings (SSSR count). The molecular weight excluding hydrogens is 522 g/mol. The summed E-state index contributed by atoms with van der Waals surface area (Å²) < 4.78 is 31.3. The lowest BCUT2D eigenvalue weighted by Gasteiger charge is -2.20. The summed E-state index contributed by atoms with van der Waals surface area (Å²) in [5.74, 6) is -1.01. The highest BCUT2D eigenvalue weighted by Gasteiger charge is 2.25. The van der Waals surface area contributed by atoms with Gasteiger partial charge in [0.2, 0.25) is 0 Å². The van der Waals surface area contributed by atoms with Crippen LogP contribution in [0.5, 0.6) is 11.5 Å². The molecule has 0 fully saturated rings. The van der Waals surface area contributed by atoms with Gasteiger partial charge < -0.3 is 34.2 Å². The molecule has 0 aliphatic heterocycles. The van der Waals surface area contributed by atoms with Gasteiger partial charge in [0.15, 0.2) is 11.5 Å². The van der Waals surface area contributed by atoms with Crippen LogP contribution in [0, 0.1) is 17.3 Å². The number of carbonyl (C=O) groups is 4. The van der Waals surface area contributed by atoms with Crippen LogP contribution in [0.1, 0.15) is 73.8 Å². The Bertz CT molecular complexity index is 988. The van der Waals surface area contributed by atoms with Crippen molar-refractivity contribution in [1.29, 1.82) is 0 Å². The van der Waals surface area contributed by atoms with Crippen molar-refractivity contribution in [3.8, 4) is 11.5 Å². The van der Waals surface area contributed by atoms with Gasteiger partial charge in [-0.3, -0.25) is 9.59 Å². The molecule has 226 valence electrons. The number of hydrogen-bond acceptors (Lipinski definition) is 11. The topological polar surface area (TPSA) is 150 Å². The fourth-order valence-corrected chi connectivity index (χ4v) is 2.80. The van der Waals surface area contributed by atoms with E-state index in [1.807, 2.05) is 27.7 Å². The first-order valence-corrected chi connectivity index (χ1v) is 13.6. The Hall–Kier alpha value is -3.34. The number of benzene rings is 1. The van der Waals surface area contributed by atoms with Crippen LogP contribution in [0.25, 0.3) is 0 Å². The van der Waals surface area contributed by atoms with E-state index in [2.05, 4.69) is 0 Å². The third-order valence-corrected chi connectivity index (χ3v) is 5.90. The van der Waals surface area contributed by atoms with Crippen LogP contribution < -0.4 is 15.2 Å².